The molecular weight excluding hydrogens is 412 g/mol. The number of ether oxygens (including phenoxy) is 1. The first-order valence-corrected chi connectivity index (χ1v) is 11.0. The van der Waals surface area contributed by atoms with Crippen LogP contribution in [0.5, 0.6) is 5.75 Å². The van der Waals surface area contributed by atoms with Crippen LogP contribution >= 0.6 is 0 Å². The minimum Gasteiger partial charge on any atom is -0.483 e. The zero-order valence-corrected chi connectivity index (χ0v) is 18.1. The molecule has 1 aliphatic rings. The molecule has 3 aromatic carbocycles. The van der Waals surface area contributed by atoms with Gasteiger partial charge in [-0.1, -0.05) is 91.0 Å². The normalized spacial score (nSPS) is 15.1. The van der Waals surface area contributed by atoms with E-state index in [4.69, 9.17) is 4.74 Å². The Morgan fingerprint density at radius 1 is 0.818 bits per heavy atom. The molecule has 4 aromatic rings. The van der Waals surface area contributed by atoms with Crippen LogP contribution in [0.1, 0.15) is 39.1 Å². The van der Waals surface area contributed by atoms with Crippen LogP contribution < -0.4 is 15.5 Å². The molecule has 0 saturated carbocycles. The first kappa shape index (κ1) is 20.8. The number of pyridine rings is 1. The second kappa shape index (κ2) is 9.17. The molecule has 1 N–H and O–H groups in total. The van der Waals surface area contributed by atoms with Crippen molar-refractivity contribution in [2.45, 2.75) is 18.6 Å². The second-order valence-corrected chi connectivity index (χ2v) is 8.12. The van der Waals surface area contributed by atoms with Gasteiger partial charge in [-0.3, -0.25) is 9.59 Å². The van der Waals surface area contributed by atoms with Crippen molar-refractivity contribution >= 4 is 5.91 Å². The van der Waals surface area contributed by atoms with Crippen LogP contribution in [0.2, 0.25) is 0 Å². The lowest BCUT2D eigenvalue weighted by Crippen LogP contribution is -2.43. The third-order valence-corrected chi connectivity index (χ3v) is 6.06. The highest BCUT2D eigenvalue weighted by Gasteiger charge is 2.35. The van der Waals surface area contributed by atoms with Crippen LogP contribution in [0.25, 0.3) is 0 Å². The molecule has 1 amide bonds. The van der Waals surface area contributed by atoms with Gasteiger partial charge < -0.3 is 14.6 Å². The van der Waals surface area contributed by atoms with E-state index in [1.54, 1.807) is 6.20 Å². The van der Waals surface area contributed by atoms with Crippen molar-refractivity contribution < 1.29 is 9.53 Å². The zero-order valence-electron chi connectivity index (χ0n) is 18.1. The molecule has 1 aromatic heterocycles. The number of amides is 1. The van der Waals surface area contributed by atoms with Crippen LogP contribution in [0.15, 0.2) is 108 Å². The molecule has 0 unspecified atom stereocenters. The highest BCUT2D eigenvalue weighted by molar-refractivity contribution is 5.96. The average Bonchev–Trinajstić information content (AvgIpc) is 2.87. The lowest BCUT2D eigenvalue weighted by atomic mass is 9.84. The van der Waals surface area contributed by atoms with E-state index in [1.165, 1.54) is 6.07 Å². The molecule has 1 atom stereocenters. The van der Waals surface area contributed by atoms with Crippen molar-refractivity contribution in [2.24, 2.45) is 0 Å². The van der Waals surface area contributed by atoms with Gasteiger partial charge in [-0.15, -0.1) is 0 Å². The lowest BCUT2D eigenvalue weighted by Gasteiger charge is -2.35. The molecule has 0 radical (unpaired) electrons. The Labute approximate surface area is 192 Å². The topological polar surface area (TPSA) is 60.3 Å². The zero-order chi connectivity index (χ0) is 22.6. The van der Waals surface area contributed by atoms with Crippen LogP contribution in [-0.2, 0) is 6.61 Å². The maximum atomic E-state index is 13.0. The summed E-state index contributed by atoms with van der Waals surface area (Å²) in [5, 5.41) is 3.00. The first-order chi connectivity index (χ1) is 16.2. The van der Waals surface area contributed by atoms with Crippen molar-refractivity contribution in [3.63, 3.8) is 0 Å². The van der Waals surface area contributed by atoms with Crippen molar-refractivity contribution in [3.05, 3.63) is 136 Å². The number of benzene rings is 3. The number of nitrogens with one attached hydrogen (secondary N) is 1. The van der Waals surface area contributed by atoms with Gasteiger partial charge in [0.15, 0.2) is 11.4 Å². The Morgan fingerprint density at radius 2 is 1.39 bits per heavy atom. The smallest absolute Gasteiger partial charge is 0.272 e. The fourth-order valence-electron chi connectivity index (χ4n) is 4.51. The predicted octanol–water partition coefficient (Wildman–Crippen LogP) is 4.54. The van der Waals surface area contributed by atoms with Gasteiger partial charge in [0.05, 0.1) is 6.04 Å². The third kappa shape index (κ3) is 4.17. The molecule has 5 nitrogen and oxygen atoms in total. The van der Waals surface area contributed by atoms with Gasteiger partial charge in [-0.05, 0) is 16.7 Å². The summed E-state index contributed by atoms with van der Waals surface area (Å²) in [5.41, 5.74) is 3.18. The van der Waals surface area contributed by atoms with Crippen molar-refractivity contribution in [1.29, 1.82) is 0 Å². The predicted molar refractivity (Wildman–Crippen MR) is 128 cm³/mol. The van der Waals surface area contributed by atoms with Crippen LogP contribution in [-0.4, -0.2) is 17.0 Å². The highest BCUT2D eigenvalue weighted by atomic mass is 16.5. The van der Waals surface area contributed by atoms with Crippen LogP contribution in [0, 0.1) is 0 Å². The minimum atomic E-state index is -0.302. The van der Waals surface area contributed by atoms with Gasteiger partial charge in [0.1, 0.15) is 6.61 Å². The molecule has 0 aliphatic carbocycles. The van der Waals surface area contributed by atoms with Crippen LogP contribution in [0.4, 0.5) is 0 Å². The molecule has 1 aliphatic heterocycles. The summed E-state index contributed by atoms with van der Waals surface area (Å²) in [4.78, 5) is 25.7. The van der Waals surface area contributed by atoms with E-state index in [0.717, 1.165) is 16.7 Å². The summed E-state index contributed by atoms with van der Waals surface area (Å²) < 4.78 is 7.84. The van der Waals surface area contributed by atoms with Crippen molar-refractivity contribution in [3.8, 4) is 5.75 Å². The minimum absolute atomic E-state index is 0.0174. The van der Waals surface area contributed by atoms with Gasteiger partial charge in [-0.2, -0.15) is 0 Å². The summed E-state index contributed by atoms with van der Waals surface area (Å²) in [5.74, 6) is -0.230. The number of rotatable bonds is 6. The summed E-state index contributed by atoms with van der Waals surface area (Å²) >= 11 is 0. The monoisotopic (exact) mass is 436 g/mol. The second-order valence-electron chi connectivity index (χ2n) is 8.12. The van der Waals surface area contributed by atoms with E-state index >= 15 is 0 Å². The summed E-state index contributed by atoms with van der Waals surface area (Å²) in [6, 6.07) is 31.5. The van der Waals surface area contributed by atoms with Gasteiger partial charge in [0.25, 0.3) is 5.91 Å². The number of hydrogen-bond donors (Lipinski definition) is 1. The van der Waals surface area contributed by atoms with Crippen molar-refractivity contribution in [2.75, 3.05) is 6.54 Å². The van der Waals surface area contributed by atoms with Crippen molar-refractivity contribution in [1.82, 2.24) is 9.88 Å². The lowest BCUT2D eigenvalue weighted by molar-refractivity contribution is 0.0902. The maximum Gasteiger partial charge on any atom is 0.272 e. The van der Waals surface area contributed by atoms with E-state index in [-0.39, 0.29) is 41.3 Å². The fraction of sp³-hybridized carbons (Fsp3) is 0.143. The van der Waals surface area contributed by atoms with E-state index in [1.807, 2.05) is 71.3 Å². The quantitative estimate of drug-likeness (QED) is 0.483. The van der Waals surface area contributed by atoms with Crippen LogP contribution in [0.3, 0.4) is 0 Å². The van der Waals surface area contributed by atoms with Gasteiger partial charge >= 0.3 is 0 Å². The standard InChI is InChI=1S/C28H24N2O3/c31-24-16-17-30-23(25(21-12-6-2-7-13-21)22-14-8-3-9-15-22)18-29-28(32)26(30)27(24)33-19-20-10-4-1-5-11-20/h1-17,23,25H,18-19H2,(H,29,32)/t23-/m1/s1. The first-order valence-electron chi connectivity index (χ1n) is 11.0. The molecule has 0 saturated heterocycles. The SMILES string of the molecule is O=C1NC[C@H](C(c2ccccc2)c2ccccc2)n2ccc(=O)c(OCc3ccccc3)c21. The third-order valence-electron chi connectivity index (χ3n) is 6.06. The summed E-state index contributed by atoms with van der Waals surface area (Å²) in [6.07, 6.45) is 1.72. The molecule has 0 fully saturated rings. The number of carbonyl (C=O) groups excluding carboxylic acids is 1. The molecule has 0 spiro atoms. The fourth-order valence-corrected chi connectivity index (χ4v) is 4.51. The number of carbonyl (C=O) groups is 1. The van der Waals surface area contributed by atoms with E-state index < -0.39 is 0 Å². The van der Waals surface area contributed by atoms with Gasteiger partial charge in [0.2, 0.25) is 5.43 Å². The van der Waals surface area contributed by atoms with Gasteiger partial charge in [-0.25, -0.2) is 0 Å². The molecule has 2 heterocycles. The Bertz CT molecular complexity index is 1260. The number of hydrogen-bond acceptors (Lipinski definition) is 3. The summed E-state index contributed by atoms with van der Waals surface area (Å²) in [6.45, 7) is 0.660. The number of nitrogens with zero attached hydrogens (tertiary/aromatic N) is 1. The Hall–Kier alpha value is -4.12. The molecule has 164 valence electrons. The average molecular weight is 437 g/mol. The molecule has 33 heavy (non-hydrogen) atoms. The largest absolute Gasteiger partial charge is 0.483 e. The van der Waals surface area contributed by atoms with E-state index in [9.17, 15) is 9.59 Å². The Morgan fingerprint density at radius 3 is 2.00 bits per heavy atom. The molecule has 0 bridgehead atoms. The maximum absolute atomic E-state index is 13.0. The Balaban J connectivity index is 1.59. The van der Waals surface area contributed by atoms with E-state index in [0.29, 0.717) is 6.54 Å². The summed E-state index contributed by atoms with van der Waals surface area (Å²) in [7, 11) is 0. The molecular formula is C28H24N2O3. The highest BCUT2D eigenvalue weighted by Crippen LogP contribution is 2.38. The van der Waals surface area contributed by atoms with E-state index in [2.05, 4.69) is 29.6 Å². The Kier molecular flexibility index (Phi) is 5.77. The molecule has 5 rings (SSSR count). The number of fused-ring (bicyclic) bond motifs is 1. The number of aromatic nitrogens is 1. The van der Waals surface area contributed by atoms with Gasteiger partial charge in [0, 0.05) is 24.7 Å². The molecule has 5 heteroatoms.